The van der Waals surface area contributed by atoms with Crippen LogP contribution in [-0.2, 0) is 0 Å². The van der Waals surface area contributed by atoms with E-state index in [0.29, 0.717) is 6.04 Å². The maximum absolute atomic E-state index is 3.62. The molecule has 1 N–H and O–H groups in total. The Balaban J connectivity index is 2.10. The first-order chi connectivity index (χ1) is 6.66. The summed E-state index contributed by atoms with van der Waals surface area (Å²) >= 11 is 0. The zero-order valence-electron chi connectivity index (χ0n) is 9.30. The molecule has 0 bridgehead atoms. The van der Waals surface area contributed by atoms with Crippen molar-refractivity contribution in [2.75, 3.05) is 0 Å². The molecule has 0 radical (unpaired) electrons. The van der Waals surface area contributed by atoms with Crippen LogP contribution in [0.15, 0.2) is 18.2 Å². The maximum atomic E-state index is 3.62. The fourth-order valence-corrected chi connectivity index (χ4v) is 1.73. The summed E-state index contributed by atoms with van der Waals surface area (Å²) in [7, 11) is 0. The number of nitrogens with one attached hydrogen (secondary N) is 1. The fourth-order valence-electron chi connectivity index (χ4n) is 1.73. The first-order valence-electron chi connectivity index (χ1n) is 5.50. The van der Waals surface area contributed by atoms with Crippen LogP contribution in [-0.4, -0.2) is 6.04 Å². The van der Waals surface area contributed by atoms with Gasteiger partial charge in [0, 0.05) is 12.1 Å². The van der Waals surface area contributed by atoms with Gasteiger partial charge in [-0.2, -0.15) is 0 Å². The molecule has 1 atom stereocenters. The van der Waals surface area contributed by atoms with Crippen molar-refractivity contribution in [2.24, 2.45) is 0 Å². The van der Waals surface area contributed by atoms with Gasteiger partial charge in [0.25, 0.3) is 0 Å². The molecule has 1 aromatic rings. The van der Waals surface area contributed by atoms with Crippen LogP contribution < -0.4 is 5.32 Å². The van der Waals surface area contributed by atoms with Crippen LogP contribution in [0.2, 0.25) is 0 Å². The summed E-state index contributed by atoms with van der Waals surface area (Å²) in [5, 5.41) is 3.62. The normalized spacial score (nSPS) is 18.2. The molecule has 1 nitrogen and oxygen atoms in total. The van der Waals surface area contributed by atoms with Gasteiger partial charge >= 0.3 is 0 Å². The molecule has 0 aromatic heterocycles. The van der Waals surface area contributed by atoms with Gasteiger partial charge in [-0.05, 0) is 50.3 Å². The van der Waals surface area contributed by atoms with E-state index in [9.17, 15) is 0 Å². The van der Waals surface area contributed by atoms with E-state index in [1.807, 2.05) is 0 Å². The van der Waals surface area contributed by atoms with Crippen molar-refractivity contribution in [1.82, 2.24) is 5.32 Å². The molecule has 14 heavy (non-hydrogen) atoms. The smallest absolute Gasteiger partial charge is 0.0294 e. The van der Waals surface area contributed by atoms with Crippen LogP contribution in [0.25, 0.3) is 0 Å². The van der Waals surface area contributed by atoms with Crippen molar-refractivity contribution in [3.63, 3.8) is 0 Å². The van der Waals surface area contributed by atoms with Crippen LogP contribution in [0.1, 0.15) is 42.5 Å². The quantitative estimate of drug-likeness (QED) is 0.770. The summed E-state index contributed by atoms with van der Waals surface area (Å²) in [4.78, 5) is 0. The third kappa shape index (κ3) is 2.16. The summed E-state index contributed by atoms with van der Waals surface area (Å²) in [5.74, 6) is 0. The van der Waals surface area contributed by atoms with E-state index in [1.165, 1.54) is 29.5 Å². The molecule has 0 spiro atoms. The molecule has 0 aliphatic heterocycles. The fraction of sp³-hybridized carbons (Fsp3) is 0.538. The Morgan fingerprint density at radius 3 is 2.50 bits per heavy atom. The maximum Gasteiger partial charge on any atom is 0.0294 e. The van der Waals surface area contributed by atoms with E-state index in [1.54, 1.807) is 0 Å². The number of hydrogen-bond donors (Lipinski definition) is 1. The van der Waals surface area contributed by atoms with Crippen LogP contribution in [0, 0.1) is 13.8 Å². The van der Waals surface area contributed by atoms with E-state index < -0.39 is 0 Å². The van der Waals surface area contributed by atoms with Gasteiger partial charge in [-0.1, -0.05) is 18.2 Å². The molecule has 1 heteroatoms. The first-order valence-corrected chi connectivity index (χ1v) is 5.50. The lowest BCUT2D eigenvalue weighted by molar-refractivity contribution is 0.571. The summed E-state index contributed by atoms with van der Waals surface area (Å²) in [6, 6.07) is 8.04. The molecule has 2 rings (SSSR count). The van der Waals surface area contributed by atoms with E-state index in [0.717, 1.165) is 6.04 Å². The van der Waals surface area contributed by atoms with Crippen molar-refractivity contribution in [1.29, 1.82) is 0 Å². The average molecular weight is 189 g/mol. The molecule has 1 fully saturated rings. The Bertz CT molecular complexity index is 326. The van der Waals surface area contributed by atoms with Gasteiger partial charge in [0.1, 0.15) is 0 Å². The van der Waals surface area contributed by atoms with Crippen molar-refractivity contribution in [3.8, 4) is 0 Å². The van der Waals surface area contributed by atoms with Crippen molar-refractivity contribution in [3.05, 3.63) is 34.9 Å². The van der Waals surface area contributed by atoms with E-state index in [-0.39, 0.29) is 0 Å². The number of hydrogen-bond acceptors (Lipinski definition) is 1. The Hall–Kier alpha value is -0.820. The summed E-state index contributed by atoms with van der Waals surface area (Å²) in [6.07, 6.45) is 2.71. The minimum absolute atomic E-state index is 0.502. The highest BCUT2D eigenvalue weighted by Gasteiger charge is 2.23. The van der Waals surface area contributed by atoms with Crippen molar-refractivity contribution in [2.45, 2.75) is 45.7 Å². The molecular formula is C13H19N. The first kappa shape index (κ1) is 9.72. The highest BCUT2D eigenvalue weighted by atomic mass is 15.0. The van der Waals surface area contributed by atoms with E-state index in [4.69, 9.17) is 0 Å². The lowest BCUT2D eigenvalue weighted by Gasteiger charge is -2.14. The Kier molecular flexibility index (Phi) is 2.60. The standard InChI is InChI=1S/C13H19N/c1-9-4-5-12(8-10(9)2)11(3)14-13-6-7-13/h4-5,8,11,13-14H,6-7H2,1-3H3/t11-/m1/s1. The molecule has 1 aromatic carbocycles. The molecule has 0 unspecified atom stereocenters. The van der Waals surface area contributed by atoms with E-state index in [2.05, 4.69) is 44.3 Å². The molecule has 1 aliphatic rings. The van der Waals surface area contributed by atoms with Gasteiger partial charge < -0.3 is 5.32 Å². The van der Waals surface area contributed by atoms with Gasteiger partial charge in [0.05, 0.1) is 0 Å². The number of rotatable bonds is 3. The largest absolute Gasteiger partial charge is 0.307 e. The Labute approximate surface area is 86.5 Å². The minimum atomic E-state index is 0.502. The summed E-state index contributed by atoms with van der Waals surface area (Å²) in [6.45, 7) is 6.60. The molecular weight excluding hydrogens is 170 g/mol. The summed E-state index contributed by atoms with van der Waals surface area (Å²) in [5.41, 5.74) is 4.19. The molecule has 1 saturated carbocycles. The molecule has 0 heterocycles. The van der Waals surface area contributed by atoms with E-state index >= 15 is 0 Å². The Morgan fingerprint density at radius 2 is 1.93 bits per heavy atom. The zero-order chi connectivity index (χ0) is 10.1. The topological polar surface area (TPSA) is 12.0 Å². The monoisotopic (exact) mass is 189 g/mol. The van der Waals surface area contributed by atoms with Crippen LogP contribution in [0.3, 0.4) is 0 Å². The predicted octanol–water partition coefficient (Wildman–Crippen LogP) is 3.12. The van der Waals surface area contributed by atoms with Gasteiger partial charge in [0.15, 0.2) is 0 Å². The van der Waals surface area contributed by atoms with Gasteiger partial charge in [-0.15, -0.1) is 0 Å². The predicted molar refractivity (Wildman–Crippen MR) is 60.5 cm³/mol. The summed E-state index contributed by atoms with van der Waals surface area (Å²) < 4.78 is 0. The number of aryl methyl sites for hydroxylation is 2. The van der Waals surface area contributed by atoms with Crippen molar-refractivity contribution >= 4 is 0 Å². The lowest BCUT2D eigenvalue weighted by Crippen LogP contribution is -2.20. The highest BCUT2D eigenvalue weighted by Crippen LogP contribution is 2.24. The number of benzene rings is 1. The molecule has 0 saturated heterocycles. The zero-order valence-corrected chi connectivity index (χ0v) is 9.30. The third-order valence-corrected chi connectivity index (χ3v) is 3.09. The SMILES string of the molecule is Cc1ccc([C@@H](C)NC2CC2)cc1C. The van der Waals surface area contributed by atoms with Crippen LogP contribution in [0.4, 0.5) is 0 Å². The second-order valence-electron chi connectivity index (χ2n) is 4.51. The highest BCUT2D eigenvalue weighted by molar-refractivity contribution is 5.31. The van der Waals surface area contributed by atoms with Crippen molar-refractivity contribution < 1.29 is 0 Å². The minimum Gasteiger partial charge on any atom is -0.307 e. The Morgan fingerprint density at radius 1 is 1.21 bits per heavy atom. The van der Waals surface area contributed by atoms with Gasteiger partial charge in [-0.25, -0.2) is 0 Å². The second-order valence-corrected chi connectivity index (χ2v) is 4.51. The van der Waals surface area contributed by atoms with Gasteiger partial charge in [-0.3, -0.25) is 0 Å². The molecule has 76 valence electrons. The molecule has 1 aliphatic carbocycles. The van der Waals surface area contributed by atoms with Crippen LogP contribution in [0.5, 0.6) is 0 Å². The third-order valence-electron chi connectivity index (χ3n) is 3.09. The molecule has 0 amide bonds. The average Bonchev–Trinajstić information content (AvgIpc) is 2.93. The second kappa shape index (κ2) is 3.74. The van der Waals surface area contributed by atoms with Gasteiger partial charge in [0.2, 0.25) is 0 Å². The van der Waals surface area contributed by atoms with Crippen LogP contribution >= 0.6 is 0 Å². The lowest BCUT2D eigenvalue weighted by atomic mass is 10.0.